The fraction of sp³-hybridized carbons (Fsp3) is 0.385. The molecule has 0 aliphatic heterocycles. The second-order valence-corrected chi connectivity index (χ2v) is 4.78. The van der Waals surface area contributed by atoms with Gasteiger partial charge in [-0.25, -0.2) is 0 Å². The van der Waals surface area contributed by atoms with Crippen LogP contribution in [0.15, 0.2) is 28.7 Å². The van der Waals surface area contributed by atoms with Gasteiger partial charge in [0.1, 0.15) is 0 Å². The summed E-state index contributed by atoms with van der Waals surface area (Å²) in [5.41, 5.74) is 0.609. The van der Waals surface area contributed by atoms with Crippen molar-refractivity contribution in [2.45, 2.75) is 19.8 Å². The molecule has 0 radical (unpaired) electrons. The van der Waals surface area contributed by atoms with Crippen LogP contribution >= 0.6 is 15.9 Å². The van der Waals surface area contributed by atoms with Gasteiger partial charge in [-0.2, -0.15) is 0 Å². The second kappa shape index (κ2) is 7.87. The number of amides is 2. The van der Waals surface area contributed by atoms with Crippen molar-refractivity contribution in [3.63, 3.8) is 0 Å². The van der Waals surface area contributed by atoms with Crippen LogP contribution in [0.3, 0.4) is 0 Å². The van der Waals surface area contributed by atoms with E-state index in [1.807, 2.05) is 19.1 Å². The molecule has 0 aliphatic carbocycles. The molecule has 0 saturated carbocycles. The first-order valence-corrected chi connectivity index (χ1v) is 6.73. The van der Waals surface area contributed by atoms with E-state index in [1.54, 1.807) is 12.1 Å². The summed E-state index contributed by atoms with van der Waals surface area (Å²) >= 11 is 3.31. The van der Waals surface area contributed by atoms with Crippen LogP contribution in [0.4, 0.5) is 0 Å². The quantitative estimate of drug-likeness (QED) is 0.790. The van der Waals surface area contributed by atoms with Gasteiger partial charge in [0, 0.05) is 29.5 Å². The van der Waals surface area contributed by atoms with E-state index in [-0.39, 0.29) is 11.8 Å². The lowest BCUT2D eigenvalue weighted by Crippen LogP contribution is -2.34. The number of hydrogen-bond acceptors (Lipinski definition) is 2. The van der Waals surface area contributed by atoms with Crippen molar-refractivity contribution in [3.05, 3.63) is 34.3 Å². The first kappa shape index (κ1) is 14.7. The highest BCUT2D eigenvalue weighted by atomic mass is 79.9. The summed E-state index contributed by atoms with van der Waals surface area (Å²) in [4.78, 5) is 22.9. The first-order valence-electron chi connectivity index (χ1n) is 5.94. The van der Waals surface area contributed by atoms with Gasteiger partial charge in [-0.1, -0.05) is 22.9 Å². The Morgan fingerprint density at radius 1 is 1.11 bits per heavy atom. The number of rotatable bonds is 6. The third-order valence-electron chi connectivity index (χ3n) is 2.32. The molecule has 18 heavy (non-hydrogen) atoms. The Kier molecular flexibility index (Phi) is 6.43. The van der Waals surface area contributed by atoms with Crippen molar-refractivity contribution in [3.8, 4) is 0 Å². The topological polar surface area (TPSA) is 58.2 Å². The summed E-state index contributed by atoms with van der Waals surface area (Å²) in [5, 5.41) is 5.49. The summed E-state index contributed by atoms with van der Waals surface area (Å²) in [6.45, 7) is 2.85. The number of carbonyl (C=O) groups excluding carboxylic acids is 2. The summed E-state index contributed by atoms with van der Waals surface area (Å²) in [6, 6.07) is 7.13. The minimum Gasteiger partial charge on any atom is -0.354 e. The maximum Gasteiger partial charge on any atom is 0.251 e. The largest absolute Gasteiger partial charge is 0.354 e. The Labute approximate surface area is 115 Å². The van der Waals surface area contributed by atoms with E-state index in [4.69, 9.17) is 0 Å². The molecule has 0 fully saturated rings. The molecular formula is C13H17BrN2O2. The van der Waals surface area contributed by atoms with Crippen molar-refractivity contribution in [2.75, 3.05) is 13.1 Å². The molecule has 2 amide bonds. The lowest BCUT2D eigenvalue weighted by Gasteiger charge is -2.06. The lowest BCUT2D eigenvalue weighted by atomic mass is 10.2. The molecule has 1 aromatic carbocycles. The van der Waals surface area contributed by atoms with Gasteiger partial charge in [-0.15, -0.1) is 0 Å². The van der Waals surface area contributed by atoms with Crippen LogP contribution in [-0.4, -0.2) is 24.9 Å². The molecule has 2 N–H and O–H groups in total. The summed E-state index contributed by atoms with van der Waals surface area (Å²) in [6.07, 6.45) is 1.36. The van der Waals surface area contributed by atoms with Gasteiger partial charge in [0.05, 0.1) is 0 Å². The van der Waals surface area contributed by atoms with Crippen molar-refractivity contribution in [1.29, 1.82) is 0 Å². The predicted molar refractivity (Wildman–Crippen MR) is 74.4 cm³/mol. The van der Waals surface area contributed by atoms with Crippen LogP contribution in [0, 0.1) is 0 Å². The summed E-state index contributed by atoms with van der Waals surface area (Å²) in [5.74, 6) is -0.109. The lowest BCUT2D eigenvalue weighted by molar-refractivity contribution is -0.121. The molecule has 0 saturated heterocycles. The number of nitrogens with one attached hydrogen (secondary N) is 2. The molecular weight excluding hydrogens is 296 g/mol. The van der Waals surface area contributed by atoms with Crippen molar-refractivity contribution in [2.24, 2.45) is 0 Å². The second-order valence-electron chi connectivity index (χ2n) is 3.86. The maximum absolute atomic E-state index is 11.7. The molecule has 1 rings (SSSR count). The van der Waals surface area contributed by atoms with Crippen LogP contribution in [0.1, 0.15) is 30.1 Å². The van der Waals surface area contributed by atoms with E-state index in [2.05, 4.69) is 26.6 Å². The van der Waals surface area contributed by atoms with E-state index < -0.39 is 0 Å². The molecule has 98 valence electrons. The van der Waals surface area contributed by atoms with E-state index in [9.17, 15) is 9.59 Å². The van der Waals surface area contributed by atoms with Gasteiger partial charge in [0.2, 0.25) is 5.91 Å². The van der Waals surface area contributed by atoms with E-state index in [0.717, 1.165) is 10.9 Å². The fourth-order valence-corrected chi connectivity index (χ4v) is 1.66. The summed E-state index contributed by atoms with van der Waals surface area (Å²) < 4.78 is 0.936. The fourth-order valence-electron chi connectivity index (χ4n) is 1.40. The molecule has 0 heterocycles. The number of hydrogen-bond donors (Lipinski definition) is 2. The Morgan fingerprint density at radius 2 is 1.72 bits per heavy atom. The zero-order chi connectivity index (χ0) is 13.4. The summed E-state index contributed by atoms with van der Waals surface area (Å²) in [7, 11) is 0. The average molecular weight is 313 g/mol. The van der Waals surface area contributed by atoms with Gasteiger partial charge in [-0.3, -0.25) is 9.59 Å². The molecule has 0 atom stereocenters. The maximum atomic E-state index is 11.7. The standard InChI is InChI=1S/C13H17BrN2O2/c1-2-3-12(17)15-8-9-16-13(18)10-4-6-11(14)7-5-10/h4-7H,2-3,8-9H2,1H3,(H,15,17)(H,16,18). The first-order chi connectivity index (χ1) is 8.63. The SMILES string of the molecule is CCCC(=O)NCCNC(=O)c1ccc(Br)cc1. The Balaban J connectivity index is 2.25. The average Bonchev–Trinajstić information content (AvgIpc) is 2.35. The zero-order valence-electron chi connectivity index (χ0n) is 10.3. The number of halogens is 1. The van der Waals surface area contributed by atoms with Crippen molar-refractivity contribution < 1.29 is 9.59 Å². The van der Waals surface area contributed by atoms with Crippen LogP contribution in [0.5, 0.6) is 0 Å². The minimum absolute atomic E-state index is 0.0235. The van der Waals surface area contributed by atoms with E-state index in [1.165, 1.54) is 0 Å². The van der Waals surface area contributed by atoms with Gasteiger partial charge in [-0.05, 0) is 30.7 Å². The van der Waals surface area contributed by atoms with E-state index in [0.29, 0.717) is 25.1 Å². The molecule has 4 nitrogen and oxygen atoms in total. The highest BCUT2D eigenvalue weighted by Crippen LogP contribution is 2.10. The Hall–Kier alpha value is -1.36. The molecule has 0 spiro atoms. The Morgan fingerprint density at radius 3 is 2.33 bits per heavy atom. The molecule has 5 heteroatoms. The minimum atomic E-state index is -0.132. The Bertz CT molecular complexity index is 404. The molecule has 0 unspecified atom stereocenters. The van der Waals surface area contributed by atoms with Gasteiger partial charge in [0.15, 0.2) is 0 Å². The van der Waals surface area contributed by atoms with Gasteiger partial charge >= 0.3 is 0 Å². The van der Waals surface area contributed by atoms with Crippen molar-refractivity contribution >= 4 is 27.7 Å². The molecule has 1 aromatic rings. The van der Waals surface area contributed by atoms with Crippen LogP contribution in [0.25, 0.3) is 0 Å². The normalized spacial score (nSPS) is 9.89. The number of carbonyl (C=O) groups is 2. The van der Waals surface area contributed by atoms with Gasteiger partial charge < -0.3 is 10.6 Å². The highest BCUT2D eigenvalue weighted by molar-refractivity contribution is 9.10. The smallest absolute Gasteiger partial charge is 0.251 e. The van der Waals surface area contributed by atoms with E-state index >= 15 is 0 Å². The van der Waals surface area contributed by atoms with Crippen LogP contribution in [0.2, 0.25) is 0 Å². The monoisotopic (exact) mass is 312 g/mol. The molecule has 0 aromatic heterocycles. The van der Waals surface area contributed by atoms with Crippen molar-refractivity contribution in [1.82, 2.24) is 10.6 Å². The molecule has 0 bridgehead atoms. The van der Waals surface area contributed by atoms with Crippen LogP contribution in [-0.2, 0) is 4.79 Å². The zero-order valence-corrected chi connectivity index (χ0v) is 11.9. The highest BCUT2D eigenvalue weighted by Gasteiger charge is 2.04. The van der Waals surface area contributed by atoms with Crippen LogP contribution < -0.4 is 10.6 Å². The third kappa shape index (κ3) is 5.31. The number of benzene rings is 1. The molecule has 0 aliphatic rings. The van der Waals surface area contributed by atoms with Gasteiger partial charge in [0.25, 0.3) is 5.91 Å². The predicted octanol–water partition coefficient (Wildman–Crippen LogP) is 2.10. The third-order valence-corrected chi connectivity index (χ3v) is 2.84.